The third-order valence-corrected chi connectivity index (χ3v) is 3.04. The van der Waals surface area contributed by atoms with Crippen LogP contribution in [-0.4, -0.2) is 18.4 Å². The van der Waals surface area contributed by atoms with Gasteiger partial charge in [-0.05, 0) is 18.6 Å². The minimum atomic E-state index is -0.405. The van der Waals surface area contributed by atoms with E-state index >= 15 is 0 Å². The van der Waals surface area contributed by atoms with Gasteiger partial charge in [0.25, 0.3) is 0 Å². The lowest BCUT2D eigenvalue weighted by Crippen LogP contribution is -2.31. The molecule has 3 heteroatoms. The summed E-state index contributed by atoms with van der Waals surface area (Å²) in [5.41, 5.74) is 0.654. The van der Waals surface area contributed by atoms with Gasteiger partial charge in [0.1, 0.15) is 0 Å². The van der Waals surface area contributed by atoms with Gasteiger partial charge in [-0.3, -0.25) is 9.59 Å². The first-order chi connectivity index (χ1) is 7.65. The number of ether oxygens (including phenoxy) is 1. The second-order valence-corrected chi connectivity index (χ2v) is 4.01. The fraction of sp³-hybridized carbons (Fsp3) is 0.385. The van der Waals surface area contributed by atoms with Gasteiger partial charge in [-0.15, -0.1) is 0 Å². The Morgan fingerprint density at radius 1 is 1.44 bits per heavy atom. The summed E-state index contributed by atoms with van der Waals surface area (Å²) >= 11 is 0. The Morgan fingerprint density at radius 3 is 2.88 bits per heavy atom. The molecule has 0 aromatic carbocycles. The van der Waals surface area contributed by atoms with Crippen molar-refractivity contribution in [1.82, 2.24) is 0 Å². The van der Waals surface area contributed by atoms with Gasteiger partial charge in [0.05, 0.1) is 18.4 Å². The molecule has 0 aliphatic heterocycles. The molecule has 0 fully saturated rings. The second kappa shape index (κ2) is 4.08. The maximum absolute atomic E-state index is 11.8. The molecule has 0 heterocycles. The molecule has 3 rings (SSSR count). The Hall–Kier alpha value is -1.64. The van der Waals surface area contributed by atoms with Crippen molar-refractivity contribution in [2.45, 2.75) is 6.92 Å². The van der Waals surface area contributed by atoms with Gasteiger partial charge in [0, 0.05) is 5.92 Å². The molecule has 0 N–H and O–H groups in total. The Kier molecular flexibility index (Phi) is 2.77. The van der Waals surface area contributed by atoms with E-state index in [9.17, 15) is 9.59 Å². The summed E-state index contributed by atoms with van der Waals surface area (Å²) in [6.07, 6.45) is 7.02. The predicted molar refractivity (Wildman–Crippen MR) is 59.5 cm³/mol. The molecule has 84 valence electrons. The summed E-state index contributed by atoms with van der Waals surface area (Å²) in [7, 11) is 0. The van der Waals surface area contributed by atoms with Crippen LogP contribution >= 0.6 is 0 Å². The van der Waals surface area contributed by atoms with Gasteiger partial charge in [-0.2, -0.15) is 0 Å². The van der Waals surface area contributed by atoms with Crippen LogP contribution in [0.25, 0.3) is 0 Å². The van der Waals surface area contributed by atoms with E-state index < -0.39 is 5.92 Å². The number of hydrogen-bond acceptors (Lipinski definition) is 3. The summed E-state index contributed by atoms with van der Waals surface area (Å²) in [4.78, 5) is 23.5. The van der Waals surface area contributed by atoms with Crippen molar-refractivity contribution in [3.63, 3.8) is 0 Å². The number of allylic oxidation sites excluding steroid dienone is 4. The lowest BCUT2D eigenvalue weighted by Gasteiger charge is -2.27. The van der Waals surface area contributed by atoms with Crippen molar-refractivity contribution in [2.75, 3.05) is 6.61 Å². The van der Waals surface area contributed by atoms with Crippen LogP contribution in [0.3, 0.4) is 0 Å². The first-order valence-corrected chi connectivity index (χ1v) is 5.41. The number of ketones is 1. The second-order valence-electron chi connectivity index (χ2n) is 4.01. The third-order valence-electron chi connectivity index (χ3n) is 3.04. The maximum atomic E-state index is 11.8. The van der Waals surface area contributed by atoms with Crippen molar-refractivity contribution >= 4 is 11.8 Å². The molecule has 0 unspecified atom stereocenters. The van der Waals surface area contributed by atoms with Crippen LogP contribution in [0, 0.1) is 17.8 Å². The van der Waals surface area contributed by atoms with E-state index in [-0.39, 0.29) is 23.6 Å². The minimum Gasteiger partial charge on any atom is -0.466 e. The van der Waals surface area contributed by atoms with Gasteiger partial charge in [-0.1, -0.05) is 24.8 Å². The van der Waals surface area contributed by atoms with Crippen molar-refractivity contribution in [3.8, 4) is 0 Å². The first kappa shape index (κ1) is 10.9. The zero-order valence-electron chi connectivity index (χ0n) is 9.18. The molecule has 2 bridgehead atoms. The molecule has 0 amide bonds. The average Bonchev–Trinajstić information content (AvgIpc) is 2.48. The molecular weight excluding hydrogens is 204 g/mol. The Labute approximate surface area is 94.5 Å². The Balaban J connectivity index is 2.32. The van der Waals surface area contributed by atoms with E-state index in [1.807, 2.05) is 12.2 Å². The topological polar surface area (TPSA) is 43.4 Å². The first-order valence-electron chi connectivity index (χ1n) is 5.41. The smallest absolute Gasteiger partial charge is 0.314 e. The fourth-order valence-electron chi connectivity index (χ4n) is 2.22. The number of carbonyl (C=O) groups excluding carboxylic acids is 2. The average molecular weight is 218 g/mol. The molecule has 3 aliphatic rings. The zero-order chi connectivity index (χ0) is 11.7. The lowest BCUT2D eigenvalue weighted by atomic mass is 9.76. The molecule has 3 aliphatic carbocycles. The van der Waals surface area contributed by atoms with Crippen molar-refractivity contribution in [1.29, 1.82) is 0 Å². The van der Waals surface area contributed by atoms with Gasteiger partial charge in [-0.25, -0.2) is 0 Å². The van der Waals surface area contributed by atoms with Crippen LogP contribution in [0.1, 0.15) is 6.92 Å². The van der Waals surface area contributed by atoms with Crippen LogP contribution in [0.15, 0.2) is 36.5 Å². The summed E-state index contributed by atoms with van der Waals surface area (Å²) < 4.78 is 5.02. The van der Waals surface area contributed by atoms with Crippen LogP contribution in [0.2, 0.25) is 0 Å². The molecule has 3 nitrogen and oxygen atoms in total. The molecule has 0 spiro atoms. The standard InChI is InChI=1S/C13H14O3/c1-3-16-13(15)12-8(2)10-6-4-9(12)5-7-11(10)14/h4-7,9-10,12H,2-3H2,1H3/t9-,10-,12+/m1/s1. The van der Waals surface area contributed by atoms with E-state index in [1.54, 1.807) is 19.1 Å². The number of rotatable bonds is 2. The van der Waals surface area contributed by atoms with E-state index in [1.165, 1.54) is 0 Å². The molecular formula is C13H14O3. The number of carbonyl (C=O) groups is 2. The van der Waals surface area contributed by atoms with Gasteiger partial charge in [0.2, 0.25) is 0 Å². The molecule has 0 saturated heterocycles. The van der Waals surface area contributed by atoms with Crippen molar-refractivity contribution < 1.29 is 14.3 Å². The Morgan fingerprint density at radius 2 is 2.19 bits per heavy atom. The zero-order valence-corrected chi connectivity index (χ0v) is 9.18. The van der Waals surface area contributed by atoms with Crippen LogP contribution in [0.5, 0.6) is 0 Å². The van der Waals surface area contributed by atoms with Crippen molar-refractivity contribution in [3.05, 3.63) is 36.5 Å². The van der Waals surface area contributed by atoms with Gasteiger partial charge >= 0.3 is 5.97 Å². The molecule has 0 aromatic heterocycles. The summed E-state index contributed by atoms with van der Waals surface area (Å²) in [6.45, 7) is 6.00. The van der Waals surface area contributed by atoms with E-state index in [0.717, 1.165) is 0 Å². The number of esters is 1. The lowest BCUT2D eigenvalue weighted by molar-refractivity contribution is -0.147. The number of fused-ring (bicyclic) bond motifs is 2. The van der Waals surface area contributed by atoms with Gasteiger partial charge in [0.15, 0.2) is 5.78 Å². The molecule has 16 heavy (non-hydrogen) atoms. The van der Waals surface area contributed by atoms with E-state index in [2.05, 4.69) is 6.58 Å². The highest BCUT2D eigenvalue weighted by molar-refractivity contribution is 5.98. The highest BCUT2D eigenvalue weighted by Crippen LogP contribution is 2.37. The van der Waals surface area contributed by atoms with E-state index in [0.29, 0.717) is 12.2 Å². The van der Waals surface area contributed by atoms with Crippen LogP contribution < -0.4 is 0 Å². The Bertz CT molecular complexity index is 403. The number of hydrogen-bond donors (Lipinski definition) is 0. The highest BCUT2D eigenvalue weighted by Gasteiger charge is 2.39. The largest absolute Gasteiger partial charge is 0.466 e. The SMILES string of the molecule is C=C1[C@H]2C=C[C@H](C=CC2=O)[C@H]1C(=O)OCC. The molecule has 0 radical (unpaired) electrons. The quantitative estimate of drug-likeness (QED) is 0.523. The fourth-order valence-corrected chi connectivity index (χ4v) is 2.22. The monoisotopic (exact) mass is 218 g/mol. The molecule has 0 aromatic rings. The van der Waals surface area contributed by atoms with Crippen LogP contribution in [-0.2, 0) is 14.3 Å². The minimum absolute atomic E-state index is 0.00412. The molecule has 3 atom stereocenters. The van der Waals surface area contributed by atoms with Crippen LogP contribution in [0.4, 0.5) is 0 Å². The summed E-state index contributed by atoms with van der Waals surface area (Å²) in [6, 6.07) is 0. The van der Waals surface area contributed by atoms with E-state index in [4.69, 9.17) is 4.74 Å². The summed E-state index contributed by atoms with van der Waals surface area (Å²) in [5, 5.41) is 0. The molecule has 0 saturated carbocycles. The highest BCUT2D eigenvalue weighted by atomic mass is 16.5. The maximum Gasteiger partial charge on any atom is 0.314 e. The normalized spacial score (nSPS) is 31.7. The predicted octanol–water partition coefficient (Wildman–Crippen LogP) is 1.66. The van der Waals surface area contributed by atoms with Crippen molar-refractivity contribution in [2.24, 2.45) is 17.8 Å². The summed E-state index contributed by atoms with van der Waals surface area (Å²) in [5.74, 6) is -1.14. The van der Waals surface area contributed by atoms with Gasteiger partial charge < -0.3 is 4.74 Å². The third kappa shape index (κ3) is 1.62.